The molecule has 7 nitrogen and oxygen atoms in total. The Morgan fingerprint density at radius 2 is 2.00 bits per heavy atom. The Balaban J connectivity index is 1.75. The maximum atomic E-state index is 13.1. The van der Waals surface area contributed by atoms with Gasteiger partial charge in [-0.15, -0.1) is 0 Å². The summed E-state index contributed by atoms with van der Waals surface area (Å²) in [6, 6.07) is 7.95. The van der Waals surface area contributed by atoms with E-state index in [9.17, 15) is 9.18 Å². The highest BCUT2D eigenvalue weighted by Gasteiger charge is 2.08. The molecule has 0 aliphatic rings. The maximum absolute atomic E-state index is 13.1. The molecule has 0 aliphatic carbocycles. The molecule has 2 rings (SSSR count). The molecule has 8 heteroatoms. The Kier molecular flexibility index (Phi) is 8.45. The highest BCUT2D eigenvalue weighted by molar-refractivity contribution is 5.80. The molecule has 0 bridgehead atoms. The molecule has 0 radical (unpaired) electrons. The number of halogens is 1. The number of nitrogens with one attached hydrogen (secondary N) is 3. The van der Waals surface area contributed by atoms with E-state index in [0.717, 1.165) is 5.69 Å². The summed E-state index contributed by atoms with van der Waals surface area (Å²) in [5, 5.41) is 13.1. The molecular formula is C20H28FN5O2. The van der Waals surface area contributed by atoms with E-state index in [4.69, 9.17) is 4.52 Å². The van der Waals surface area contributed by atoms with Gasteiger partial charge < -0.3 is 20.5 Å². The van der Waals surface area contributed by atoms with Gasteiger partial charge in [-0.1, -0.05) is 31.1 Å². The molecule has 0 fully saturated rings. The predicted molar refractivity (Wildman–Crippen MR) is 107 cm³/mol. The quantitative estimate of drug-likeness (QED) is 0.348. The second-order valence-corrected chi connectivity index (χ2v) is 6.65. The number of hydrogen-bond acceptors (Lipinski definition) is 4. The molecule has 3 N–H and O–H groups in total. The van der Waals surface area contributed by atoms with E-state index < -0.39 is 0 Å². The summed E-state index contributed by atoms with van der Waals surface area (Å²) in [6.45, 7) is 8.11. The van der Waals surface area contributed by atoms with Crippen molar-refractivity contribution in [1.29, 1.82) is 0 Å². The van der Waals surface area contributed by atoms with Crippen LogP contribution in [0.25, 0.3) is 0 Å². The summed E-state index contributed by atoms with van der Waals surface area (Å²) in [4.78, 5) is 16.4. The number of aliphatic imine (C=N–C) groups is 1. The molecule has 2 aromatic rings. The zero-order valence-electron chi connectivity index (χ0n) is 16.6. The summed E-state index contributed by atoms with van der Waals surface area (Å²) < 4.78 is 18.4. The first kappa shape index (κ1) is 21.4. The van der Waals surface area contributed by atoms with Crippen molar-refractivity contribution in [3.63, 3.8) is 0 Å². The van der Waals surface area contributed by atoms with Crippen molar-refractivity contribution in [2.24, 2.45) is 4.99 Å². The van der Waals surface area contributed by atoms with Gasteiger partial charge in [0, 0.05) is 25.7 Å². The predicted octanol–water partition coefficient (Wildman–Crippen LogP) is 2.35. The smallest absolute Gasteiger partial charge is 0.224 e. The summed E-state index contributed by atoms with van der Waals surface area (Å²) in [5.74, 6) is 1.14. The van der Waals surface area contributed by atoms with E-state index in [2.05, 4.69) is 39.9 Å². The first-order valence-electron chi connectivity index (χ1n) is 9.46. The number of guanidine groups is 1. The number of aromatic nitrogens is 1. The average molecular weight is 389 g/mol. The fraction of sp³-hybridized carbons (Fsp3) is 0.450. The molecule has 0 saturated heterocycles. The molecular weight excluding hydrogens is 361 g/mol. The first-order chi connectivity index (χ1) is 13.5. The van der Waals surface area contributed by atoms with Gasteiger partial charge in [0.1, 0.15) is 12.4 Å². The van der Waals surface area contributed by atoms with Crippen LogP contribution in [0.3, 0.4) is 0 Å². The lowest BCUT2D eigenvalue weighted by Gasteiger charge is -2.11. The lowest BCUT2D eigenvalue weighted by molar-refractivity contribution is -0.120. The SMILES string of the molecule is CCNC(=NCc1cc(C(C)C)no1)NCCNC(=O)Cc1cccc(F)c1. The first-order valence-corrected chi connectivity index (χ1v) is 9.46. The molecule has 152 valence electrons. The largest absolute Gasteiger partial charge is 0.359 e. The molecule has 1 aromatic carbocycles. The molecule has 28 heavy (non-hydrogen) atoms. The van der Waals surface area contributed by atoms with E-state index >= 15 is 0 Å². The summed E-state index contributed by atoms with van der Waals surface area (Å²) in [6.07, 6.45) is 0.148. The van der Waals surface area contributed by atoms with Crippen LogP contribution in [0.15, 0.2) is 39.8 Å². The van der Waals surface area contributed by atoms with Crippen LogP contribution in [0.1, 0.15) is 43.7 Å². The fourth-order valence-electron chi connectivity index (χ4n) is 2.45. The Hall–Kier alpha value is -2.90. The van der Waals surface area contributed by atoms with E-state index in [1.807, 2.05) is 13.0 Å². The third-order valence-corrected chi connectivity index (χ3v) is 3.90. The van der Waals surface area contributed by atoms with Crippen LogP contribution in [0.2, 0.25) is 0 Å². The van der Waals surface area contributed by atoms with Crippen molar-refractivity contribution in [2.45, 2.75) is 39.7 Å². The van der Waals surface area contributed by atoms with E-state index in [0.29, 0.717) is 49.4 Å². The second-order valence-electron chi connectivity index (χ2n) is 6.65. The summed E-state index contributed by atoms with van der Waals surface area (Å²) >= 11 is 0. The van der Waals surface area contributed by atoms with Crippen molar-refractivity contribution < 1.29 is 13.7 Å². The van der Waals surface area contributed by atoms with Gasteiger partial charge in [-0.3, -0.25) is 4.79 Å². The van der Waals surface area contributed by atoms with Gasteiger partial charge in [0.25, 0.3) is 0 Å². The van der Waals surface area contributed by atoms with Gasteiger partial charge in [-0.25, -0.2) is 9.38 Å². The van der Waals surface area contributed by atoms with Gasteiger partial charge in [-0.2, -0.15) is 0 Å². The minimum absolute atomic E-state index is 0.148. The zero-order valence-corrected chi connectivity index (χ0v) is 16.6. The lowest BCUT2D eigenvalue weighted by atomic mass is 10.1. The minimum atomic E-state index is -0.342. The number of benzene rings is 1. The number of rotatable bonds is 9. The van der Waals surface area contributed by atoms with Crippen LogP contribution < -0.4 is 16.0 Å². The molecule has 1 amide bonds. The van der Waals surface area contributed by atoms with Gasteiger partial charge in [0.15, 0.2) is 11.7 Å². The van der Waals surface area contributed by atoms with Crippen LogP contribution in [0.5, 0.6) is 0 Å². The number of carbonyl (C=O) groups is 1. The minimum Gasteiger partial charge on any atom is -0.359 e. The summed E-state index contributed by atoms with van der Waals surface area (Å²) in [7, 11) is 0. The Labute approximate surface area is 164 Å². The topological polar surface area (TPSA) is 91.6 Å². The normalized spacial score (nSPS) is 11.5. The van der Waals surface area contributed by atoms with Crippen molar-refractivity contribution in [3.05, 3.63) is 53.2 Å². The lowest BCUT2D eigenvalue weighted by Crippen LogP contribution is -2.41. The summed E-state index contributed by atoms with van der Waals surface area (Å²) in [5.41, 5.74) is 1.55. The fourth-order valence-corrected chi connectivity index (χ4v) is 2.45. The van der Waals surface area contributed by atoms with E-state index in [1.165, 1.54) is 12.1 Å². The van der Waals surface area contributed by atoms with Gasteiger partial charge in [0.2, 0.25) is 5.91 Å². The van der Waals surface area contributed by atoms with Gasteiger partial charge >= 0.3 is 0 Å². The van der Waals surface area contributed by atoms with Crippen molar-refractivity contribution in [2.75, 3.05) is 19.6 Å². The average Bonchev–Trinajstić information content (AvgIpc) is 3.12. The number of nitrogens with zero attached hydrogens (tertiary/aromatic N) is 2. The van der Waals surface area contributed by atoms with Crippen LogP contribution in [-0.2, 0) is 17.8 Å². The molecule has 0 spiro atoms. The van der Waals surface area contributed by atoms with Crippen molar-refractivity contribution >= 4 is 11.9 Å². The van der Waals surface area contributed by atoms with Crippen LogP contribution in [0.4, 0.5) is 4.39 Å². The monoisotopic (exact) mass is 389 g/mol. The Morgan fingerprint density at radius 3 is 2.68 bits per heavy atom. The van der Waals surface area contributed by atoms with E-state index in [1.54, 1.807) is 12.1 Å². The third-order valence-electron chi connectivity index (χ3n) is 3.90. The number of hydrogen-bond donors (Lipinski definition) is 3. The molecule has 1 heterocycles. The Morgan fingerprint density at radius 1 is 1.21 bits per heavy atom. The van der Waals surface area contributed by atoms with E-state index in [-0.39, 0.29) is 18.1 Å². The van der Waals surface area contributed by atoms with Crippen LogP contribution in [-0.4, -0.2) is 36.7 Å². The maximum Gasteiger partial charge on any atom is 0.224 e. The molecule has 0 atom stereocenters. The molecule has 0 saturated carbocycles. The highest BCUT2D eigenvalue weighted by atomic mass is 19.1. The zero-order chi connectivity index (χ0) is 20.4. The Bertz CT molecular complexity index is 788. The van der Waals surface area contributed by atoms with Crippen LogP contribution >= 0.6 is 0 Å². The van der Waals surface area contributed by atoms with Crippen molar-refractivity contribution in [1.82, 2.24) is 21.1 Å². The molecule has 0 unspecified atom stereocenters. The number of carbonyl (C=O) groups excluding carboxylic acids is 1. The van der Waals surface area contributed by atoms with Crippen LogP contribution in [0, 0.1) is 5.82 Å². The standard InChI is InChI=1S/C20H28FN5O2/c1-4-22-20(25-13-17-12-18(14(2)3)26-28-17)24-9-8-23-19(27)11-15-6-5-7-16(21)10-15/h5-7,10,12,14H,4,8-9,11,13H2,1-3H3,(H,23,27)(H2,22,24,25). The third kappa shape index (κ3) is 7.38. The van der Waals surface area contributed by atoms with Gasteiger partial charge in [-0.05, 0) is 30.5 Å². The molecule has 0 aliphatic heterocycles. The van der Waals surface area contributed by atoms with Gasteiger partial charge in [0.05, 0.1) is 12.1 Å². The highest BCUT2D eigenvalue weighted by Crippen LogP contribution is 2.14. The number of amides is 1. The van der Waals surface area contributed by atoms with Crippen molar-refractivity contribution in [3.8, 4) is 0 Å². The second kappa shape index (κ2) is 11.1. The molecule has 1 aromatic heterocycles.